The van der Waals surface area contributed by atoms with E-state index in [0.29, 0.717) is 30.4 Å². The fourth-order valence-electron chi connectivity index (χ4n) is 3.23. The van der Waals surface area contributed by atoms with E-state index < -0.39 is 5.97 Å². The molecular formula is C23H22N4O2. The Bertz CT molecular complexity index is 1120. The fraction of sp³-hybridized carbons (Fsp3) is 0.174. The van der Waals surface area contributed by atoms with E-state index in [1.165, 1.54) is 17.1 Å². The zero-order valence-corrected chi connectivity index (χ0v) is 16.2. The van der Waals surface area contributed by atoms with Crippen molar-refractivity contribution < 1.29 is 9.53 Å². The first-order valence-electron chi connectivity index (χ1n) is 9.63. The van der Waals surface area contributed by atoms with Crippen LogP contribution in [-0.2, 0) is 11.3 Å². The van der Waals surface area contributed by atoms with E-state index in [1.54, 1.807) is 6.92 Å². The number of nitrogens with one attached hydrogen (secondary N) is 1. The van der Waals surface area contributed by atoms with Crippen LogP contribution in [0.25, 0.3) is 22.3 Å². The van der Waals surface area contributed by atoms with Crippen LogP contribution in [0.2, 0.25) is 0 Å². The van der Waals surface area contributed by atoms with E-state index in [9.17, 15) is 4.79 Å². The van der Waals surface area contributed by atoms with E-state index in [1.807, 2.05) is 42.5 Å². The van der Waals surface area contributed by atoms with E-state index >= 15 is 0 Å². The normalized spacial score (nSPS) is 10.8. The summed E-state index contributed by atoms with van der Waals surface area (Å²) in [6.45, 7) is 3.42. The zero-order valence-electron chi connectivity index (χ0n) is 16.2. The fourth-order valence-corrected chi connectivity index (χ4v) is 3.23. The Balaban J connectivity index is 1.57. The van der Waals surface area contributed by atoms with Crippen LogP contribution in [-0.4, -0.2) is 33.7 Å². The summed E-state index contributed by atoms with van der Waals surface area (Å²) in [5, 5.41) is 4.49. The molecule has 0 aliphatic carbocycles. The Morgan fingerprint density at radius 2 is 1.86 bits per heavy atom. The molecule has 0 unspecified atom stereocenters. The van der Waals surface area contributed by atoms with Gasteiger partial charge in [-0.25, -0.2) is 14.8 Å². The lowest BCUT2D eigenvalue weighted by molar-refractivity contribution is 0.0526. The van der Waals surface area contributed by atoms with E-state index in [4.69, 9.17) is 4.74 Å². The molecule has 2 aromatic heterocycles. The molecule has 0 radical (unpaired) electrons. The monoisotopic (exact) mass is 386 g/mol. The SMILES string of the molecule is CCOC(=O)c1cnc(-c2ccccc2)nc1NCCn1ccc2ccccc21. The van der Waals surface area contributed by atoms with Crippen LogP contribution in [0.5, 0.6) is 0 Å². The Kier molecular flexibility index (Phi) is 5.52. The van der Waals surface area contributed by atoms with Crippen molar-refractivity contribution in [1.29, 1.82) is 0 Å². The van der Waals surface area contributed by atoms with Gasteiger partial charge in [0.25, 0.3) is 0 Å². The van der Waals surface area contributed by atoms with Gasteiger partial charge in [0.05, 0.1) is 6.61 Å². The van der Waals surface area contributed by atoms with Crippen molar-refractivity contribution in [2.75, 3.05) is 18.5 Å². The minimum atomic E-state index is -0.430. The molecule has 0 aliphatic heterocycles. The minimum absolute atomic E-state index is 0.300. The molecule has 4 rings (SSSR count). The number of carbonyl (C=O) groups is 1. The quantitative estimate of drug-likeness (QED) is 0.477. The molecule has 0 saturated carbocycles. The number of anilines is 1. The van der Waals surface area contributed by atoms with Crippen LogP contribution >= 0.6 is 0 Å². The van der Waals surface area contributed by atoms with Crippen LogP contribution in [0, 0.1) is 0 Å². The van der Waals surface area contributed by atoms with Gasteiger partial charge in [-0.15, -0.1) is 0 Å². The highest BCUT2D eigenvalue weighted by molar-refractivity contribution is 5.94. The molecule has 2 heterocycles. The van der Waals surface area contributed by atoms with Crippen molar-refractivity contribution in [2.24, 2.45) is 0 Å². The van der Waals surface area contributed by atoms with Crippen molar-refractivity contribution >= 4 is 22.7 Å². The molecule has 1 N–H and O–H groups in total. The topological polar surface area (TPSA) is 69.0 Å². The Morgan fingerprint density at radius 1 is 1.07 bits per heavy atom. The Labute approximate surface area is 169 Å². The molecule has 0 fully saturated rings. The van der Waals surface area contributed by atoms with Gasteiger partial charge in [-0.05, 0) is 24.4 Å². The molecule has 6 nitrogen and oxygen atoms in total. The van der Waals surface area contributed by atoms with Crippen LogP contribution in [0.15, 0.2) is 73.1 Å². The van der Waals surface area contributed by atoms with Crippen LogP contribution in [0.1, 0.15) is 17.3 Å². The number of nitrogens with zero attached hydrogens (tertiary/aromatic N) is 3. The summed E-state index contributed by atoms with van der Waals surface area (Å²) >= 11 is 0. The number of benzene rings is 2. The molecule has 29 heavy (non-hydrogen) atoms. The number of para-hydroxylation sites is 1. The number of ether oxygens (including phenoxy) is 1. The van der Waals surface area contributed by atoms with Gasteiger partial charge in [-0.3, -0.25) is 0 Å². The number of rotatable bonds is 7. The highest BCUT2D eigenvalue weighted by Crippen LogP contribution is 2.20. The van der Waals surface area contributed by atoms with Crippen molar-refractivity contribution in [3.05, 3.63) is 78.6 Å². The number of carbonyl (C=O) groups excluding carboxylic acids is 1. The van der Waals surface area contributed by atoms with E-state index in [2.05, 4.69) is 44.2 Å². The molecule has 6 heteroatoms. The van der Waals surface area contributed by atoms with Gasteiger partial charge in [0.1, 0.15) is 11.4 Å². The van der Waals surface area contributed by atoms with Gasteiger partial charge in [0.15, 0.2) is 5.82 Å². The predicted molar refractivity (Wildman–Crippen MR) is 114 cm³/mol. The number of hydrogen-bond donors (Lipinski definition) is 1. The average Bonchev–Trinajstić information content (AvgIpc) is 3.18. The maximum absolute atomic E-state index is 12.3. The number of fused-ring (bicyclic) bond motifs is 1. The third kappa shape index (κ3) is 4.11. The van der Waals surface area contributed by atoms with Crippen LogP contribution in [0.4, 0.5) is 5.82 Å². The largest absolute Gasteiger partial charge is 0.462 e. The van der Waals surface area contributed by atoms with Gasteiger partial charge < -0.3 is 14.6 Å². The summed E-state index contributed by atoms with van der Waals surface area (Å²) in [7, 11) is 0. The van der Waals surface area contributed by atoms with E-state index in [-0.39, 0.29) is 0 Å². The first kappa shape index (κ1) is 18.7. The van der Waals surface area contributed by atoms with E-state index in [0.717, 1.165) is 12.1 Å². The second-order valence-electron chi connectivity index (χ2n) is 6.54. The lowest BCUT2D eigenvalue weighted by atomic mass is 10.2. The van der Waals surface area contributed by atoms with Crippen LogP contribution < -0.4 is 5.32 Å². The number of esters is 1. The van der Waals surface area contributed by atoms with Gasteiger partial charge in [-0.1, -0.05) is 48.5 Å². The first-order chi connectivity index (χ1) is 14.3. The summed E-state index contributed by atoms with van der Waals surface area (Å²) in [4.78, 5) is 21.3. The molecule has 4 aromatic rings. The summed E-state index contributed by atoms with van der Waals surface area (Å²) < 4.78 is 7.33. The molecule has 0 spiro atoms. The predicted octanol–water partition coefficient (Wildman–Crippen LogP) is 4.39. The Morgan fingerprint density at radius 3 is 2.69 bits per heavy atom. The lowest BCUT2D eigenvalue weighted by Gasteiger charge is -2.12. The van der Waals surface area contributed by atoms with Gasteiger partial charge >= 0.3 is 5.97 Å². The third-order valence-corrected chi connectivity index (χ3v) is 4.64. The maximum atomic E-state index is 12.3. The first-order valence-corrected chi connectivity index (χ1v) is 9.63. The van der Waals surface area contributed by atoms with Gasteiger partial charge in [-0.2, -0.15) is 0 Å². The van der Waals surface area contributed by atoms with Crippen LogP contribution in [0.3, 0.4) is 0 Å². The summed E-state index contributed by atoms with van der Waals surface area (Å²) in [5.41, 5.74) is 2.40. The highest BCUT2D eigenvalue weighted by atomic mass is 16.5. The standard InChI is InChI=1S/C23H22N4O2/c1-2-29-23(28)19-16-25-21(18-9-4-3-5-10-18)26-22(19)24-13-15-27-14-12-17-8-6-7-11-20(17)27/h3-12,14,16H,2,13,15H2,1H3,(H,24,25,26). The Hall–Kier alpha value is -3.67. The minimum Gasteiger partial charge on any atom is -0.462 e. The summed E-state index contributed by atoms with van der Waals surface area (Å²) in [6, 6.07) is 20.0. The summed E-state index contributed by atoms with van der Waals surface area (Å²) in [5.74, 6) is 0.613. The molecule has 0 saturated heterocycles. The smallest absolute Gasteiger partial charge is 0.343 e. The molecule has 0 bridgehead atoms. The second kappa shape index (κ2) is 8.56. The molecule has 2 aromatic carbocycles. The molecular weight excluding hydrogens is 364 g/mol. The molecule has 0 aliphatic rings. The summed E-state index contributed by atoms with van der Waals surface area (Å²) in [6.07, 6.45) is 3.59. The lowest BCUT2D eigenvalue weighted by Crippen LogP contribution is -2.16. The van der Waals surface area contributed by atoms with Gasteiger partial charge in [0.2, 0.25) is 0 Å². The molecule has 0 atom stereocenters. The zero-order chi connectivity index (χ0) is 20.1. The van der Waals surface area contributed by atoms with Gasteiger partial charge in [0, 0.05) is 36.6 Å². The molecule has 0 amide bonds. The van der Waals surface area contributed by atoms with Crippen molar-refractivity contribution in [1.82, 2.24) is 14.5 Å². The third-order valence-electron chi connectivity index (χ3n) is 4.64. The number of aromatic nitrogens is 3. The highest BCUT2D eigenvalue weighted by Gasteiger charge is 2.16. The second-order valence-corrected chi connectivity index (χ2v) is 6.54. The molecule has 146 valence electrons. The van der Waals surface area contributed by atoms with Crippen molar-refractivity contribution in [2.45, 2.75) is 13.5 Å². The number of hydrogen-bond acceptors (Lipinski definition) is 5. The average molecular weight is 386 g/mol. The van der Waals surface area contributed by atoms with Crippen molar-refractivity contribution in [3.8, 4) is 11.4 Å². The van der Waals surface area contributed by atoms with Crippen molar-refractivity contribution in [3.63, 3.8) is 0 Å². The maximum Gasteiger partial charge on any atom is 0.343 e.